The molecule has 28 heavy (non-hydrogen) atoms. The monoisotopic (exact) mass is 412 g/mol. The lowest BCUT2D eigenvalue weighted by Crippen LogP contribution is -2.55. The zero-order chi connectivity index (χ0) is 21.3. The number of amides is 3. The average molecular weight is 412 g/mol. The van der Waals surface area contributed by atoms with Gasteiger partial charge in [0.05, 0.1) is 6.04 Å². The van der Waals surface area contributed by atoms with E-state index in [1.807, 2.05) is 0 Å². The number of primary amides is 1. The number of carbonyl (C=O) groups is 4. The number of rotatable bonds is 11. The van der Waals surface area contributed by atoms with E-state index in [1.54, 1.807) is 0 Å². The van der Waals surface area contributed by atoms with E-state index in [1.165, 1.54) is 24.3 Å². The van der Waals surface area contributed by atoms with Crippen LogP contribution in [0.1, 0.15) is 18.4 Å². The molecular weight excluding hydrogens is 388 g/mol. The SMILES string of the molecule is NC(=O)CC[C@H](NC(=O)[C@@H](N)CS)C(=O)N[C@@H](Cc1ccc(O)cc1)C(=O)O. The summed E-state index contributed by atoms with van der Waals surface area (Å²) in [7, 11) is 0. The van der Waals surface area contributed by atoms with Gasteiger partial charge in [-0.3, -0.25) is 14.4 Å². The van der Waals surface area contributed by atoms with Crippen molar-refractivity contribution in [2.45, 2.75) is 37.4 Å². The Hall–Kier alpha value is -2.79. The molecule has 0 bridgehead atoms. The van der Waals surface area contributed by atoms with Crippen LogP contribution in [0.15, 0.2) is 24.3 Å². The number of carbonyl (C=O) groups excluding carboxylic acids is 3. The van der Waals surface area contributed by atoms with E-state index in [0.717, 1.165) is 0 Å². The minimum Gasteiger partial charge on any atom is -0.508 e. The Balaban J connectivity index is 2.87. The summed E-state index contributed by atoms with van der Waals surface area (Å²) >= 11 is 3.90. The van der Waals surface area contributed by atoms with E-state index in [9.17, 15) is 29.4 Å². The van der Waals surface area contributed by atoms with Crippen LogP contribution in [-0.4, -0.2) is 57.8 Å². The van der Waals surface area contributed by atoms with Crippen molar-refractivity contribution >= 4 is 36.3 Å². The van der Waals surface area contributed by atoms with Crippen LogP contribution in [0, 0.1) is 0 Å². The van der Waals surface area contributed by atoms with Gasteiger partial charge >= 0.3 is 5.97 Å². The molecule has 0 saturated heterocycles. The molecule has 0 aliphatic rings. The van der Waals surface area contributed by atoms with E-state index < -0.39 is 41.8 Å². The predicted octanol–water partition coefficient (Wildman–Crippen LogP) is -1.49. The van der Waals surface area contributed by atoms with Crippen LogP contribution in [0.4, 0.5) is 0 Å². The van der Waals surface area contributed by atoms with Crippen LogP contribution < -0.4 is 22.1 Å². The van der Waals surface area contributed by atoms with Gasteiger partial charge in [-0.25, -0.2) is 4.79 Å². The molecule has 0 aliphatic carbocycles. The number of aromatic hydroxyl groups is 1. The fraction of sp³-hybridized carbons (Fsp3) is 0.412. The van der Waals surface area contributed by atoms with Gasteiger partial charge in [-0.05, 0) is 24.1 Å². The van der Waals surface area contributed by atoms with Gasteiger partial charge in [-0.15, -0.1) is 0 Å². The Morgan fingerprint density at radius 3 is 2.11 bits per heavy atom. The lowest BCUT2D eigenvalue weighted by atomic mass is 10.0. The van der Waals surface area contributed by atoms with Gasteiger partial charge in [0.1, 0.15) is 17.8 Å². The van der Waals surface area contributed by atoms with E-state index in [2.05, 4.69) is 23.3 Å². The Morgan fingerprint density at radius 1 is 1.04 bits per heavy atom. The number of carboxylic acids is 1. The smallest absolute Gasteiger partial charge is 0.326 e. The van der Waals surface area contributed by atoms with Crippen molar-refractivity contribution < 1.29 is 29.4 Å². The molecule has 8 N–H and O–H groups in total. The molecule has 1 aromatic carbocycles. The maximum absolute atomic E-state index is 12.5. The Morgan fingerprint density at radius 2 is 1.61 bits per heavy atom. The Bertz CT molecular complexity index is 712. The molecule has 11 heteroatoms. The van der Waals surface area contributed by atoms with Crippen LogP contribution in [0.25, 0.3) is 0 Å². The normalized spacial score (nSPS) is 13.8. The molecule has 0 fully saturated rings. The molecule has 154 valence electrons. The van der Waals surface area contributed by atoms with Crippen LogP contribution in [0.2, 0.25) is 0 Å². The summed E-state index contributed by atoms with van der Waals surface area (Å²) < 4.78 is 0. The number of carboxylic acid groups (broad SMARTS) is 1. The number of phenols is 1. The fourth-order valence-corrected chi connectivity index (χ4v) is 2.42. The molecule has 1 rings (SSSR count). The van der Waals surface area contributed by atoms with Crippen LogP contribution in [-0.2, 0) is 25.6 Å². The van der Waals surface area contributed by atoms with E-state index in [0.29, 0.717) is 5.56 Å². The zero-order valence-corrected chi connectivity index (χ0v) is 15.9. The number of hydrogen-bond donors (Lipinski definition) is 7. The molecule has 3 amide bonds. The van der Waals surface area contributed by atoms with Gasteiger partial charge in [0, 0.05) is 18.6 Å². The third-order valence-corrected chi connectivity index (χ3v) is 4.23. The molecule has 0 aliphatic heterocycles. The maximum Gasteiger partial charge on any atom is 0.326 e. The quantitative estimate of drug-likeness (QED) is 0.216. The highest BCUT2D eigenvalue weighted by Gasteiger charge is 2.28. The van der Waals surface area contributed by atoms with Gasteiger partial charge < -0.3 is 32.3 Å². The number of nitrogens with two attached hydrogens (primary N) is 2. The molecule has 0 spiro atoms. The second kappa shape index (κ2) is 11.1. The van der Waals surface area contributed by atoms with Crippen molar-refractivity contribution in [1.29, 1.82) is 0 Å². The lowest BCUT2D eigenvalue weighted by molar-refractivity contribution is -0.142. The molecule has 1 aromatic rings. The molecule has 0 unspecified atom stereocenters. The van der Waals surface area contributed by atoms with E-state index in [-0.39, 0.29) is 30.8 Å². The van der Waals surface area contributed by atoms with Crippen LogP contribution in [0.3, 0.4) is 0 Å². The number of nitrogens with one attached hydrogen (secondary N) is 2. The second-order valence-electron chi connectivity index (χ2n) is 6.13. The summed E-state index contributed by atoms with van der Waals surface area (Å²) in [5, 5.41) is 23.4. The largest absolute Gasteiger partial charge is 0.508 e. The second-order valence-corrected chi connectivity index (χ2v) is 6.49. The van der Waals surface area contributed by atoms with E-state index >= 15 is 0 Å². The molecule has 0 heterocycles. The molecule has 10 nitrogen and oxygen atoms in total. The van der Waals surface area contributed by atoms with Crippen molar-refractivity contribution in [1.82, 2.24) is 10.6 Å². The summed E-state index contributed by atoms with van der Waals surface area (Å²) in [4.78, 5) is 47.0. The zero-order valence-electron chi connectivity index (χ0n) is 15.0. The summed E-state index contributed by atoms with van der Waals surface area (Å²) in [6.07, 6.45) is -0.351. The summed E-state index contributed by atoms with van der Waals surface area (Å²) in [6, 6.07) is 2.39. The topological polar surface area (TPSA) is 185 Å². The Kier molecular flexibility index (Phi) is 9.25. The highest BCUT2D eigenvalue weighted by Crippen LogP contribution is 2.12. The first-order valence-corrected chi connectivity index (χ1v) is 9.03. The van der Waals surface area contributed by atoms with Crippen LogP contribution in [0.5, 0.6) is 5.75 Å². The predicted molar refractivity (Wildman–Crippen MR) is 104 cm³/mol. The van der Waals surface area contributed by atoms with Gasteiger partial charge in [0.15, 0.2) is 0 Å². The van der Waals surface area contributed by atoms with Crippen molar-refractivity contribution in [3.8, 4) is 5.75 Å². The number of thiol groups is 1. The van der Waals surface area contributed by atoms with Gasteiger partial charge in [0.25, 0.3) is 0 Å². The third-order valence-electron chi connectivity index (χ3n) is 3.84. The van der Waals surface area contributed by atoms with Crippen LogP contribution >= 0.6 is 12.6 Å². The summed E-state index contributed by atoms with van der Waals surface area (Å²) in [6.45, 7) is 0. The number of hydrogen-bond acceptors (Lipinski definition) is 7. The average Bonchev–Trinajstić information content (AvgIpc) is 2.64. The first-order chi connectivity index (χ1) is 13.1. The first kappa shape index (κ1) is 23.2. The molecule has 0 radical (unpaired) electrons. The number of benzene rings is 1. The first-order valence-electron chi connectivity index (χ1n) is 8.40. The van der Waals surface area contributed by atoms with Gasteiger partial charge in [-0.1, -0.05) is 12.1 Å². The third kappa shape index (κ3) is 7.84. The molecule has 3 atom stereocenters. The minimum absolute atomic E-state index is 0.0226. The van der Waals surface area contributed by atoms with Crippen molar-refractivity contribution in [3.63, 3.8) is 0 Å². The molecular formula is C17H24N4O6S. The highest BCUT2D eigenvalue weighted by atomic mass is 32.1. The maximum atomic E-state index is 12.5. The standard InChI is InChI=1S/C17H24N4O6S/c18-11(8-28)15(24)20-12(5-6-14(19)23)16(25)21-13(17(26)27)7-9-1-3-10(22)4-2-9/h1-4,11-13,22,28H,5-8,18H2,(H2,19,23)(H,20,24)(H,21,25)(H,26,27)/t11-,12-,13-/m0/s1. The minimum atomic E-state index is -1.29. The number of aliphatic carboxylic acids is 1. The van der Waals surface area contributed by atoms with Crippen molar-refractivity contribution in [2.75, 3.05) is 5.75 Å². The summed E-state index contributed by atoms with van der Waals surface area (Å²) in [5.74, 6) is -3.35. The Labute approximate surface area is 167 Å². The van der Waals surface area contributed by atoms with Crippen molar-refractivity contribution in [3.05, 3.63) is 29.8 Å². The van der Waals surface area contributed by atoms with E-state index in [4.69, 9.17) is 11.5 Å². The molecule has 0 saturated carbocycles. The van der Waals surface area contributed by atoms with Gasteiger partial charge in [-0.2, -0.15) is 12.6 Å². The number of phenolic OH excluding ortho intramolecular Hbond substituents is 1. The van der Waals surface area contributed by atoms with Crippen molar-refractivity contribution in [2.24, 2.45) is 11.5 Å². The van der Waals surface area contributed by atoms with Gasteiger partial charge in [0.2, 0.25) is 17.7 Å². The fourth-order valence-electron chi connectivity index (χ4n) is 2.26. The molecule has 0 aromatic heterocycles. The summed E-state index contributed by atoms with van der Waals surface area (Å²) in [5.41, 5.74) is 11.2. The highest BCUT2D eigenvalue weighted by molar-refractivity contribution is 7.80. The lowest BCUT2D eigenvalue weighted by Gasteiger charge is -2.22.